The summed E-state index contributed by atoms with van der Waals surface area (Å²) in [7, 11) is -5.67. The number of hydrogen-bond donors (Lipinski definition) is 2. The van der Waals surface area contributed by atoms with Crippen LogP contribution in [0.25, 0.3) is 0 Å². The second kappa shape index (κ2) is 6.48. The van der Waals surface area contributed by atoms with Gasteiger partial charge in [-0.1, -0.05) is 6.92 Å². The van der Waals surface area contributed by atoms with E-state index in [4.69, 9.17) is 5.11 Å². The Labute approximate surface area is 123 Å². The molecule has 0 bridgehead atoms. The quantitative estimate of drug-likeness (QED) is 0.605. The number of alkyl halides is 3. The highest BCUT2D eigenvalue weighted by molar-refractivity contribution is 7.92. The molecule has 0 amide bonds. The molecule has 22 heavy (non-hydrogen) atoms. The predicted molar refractivity (Wildman–Crippen MR) is 71.1 cm³/mol. The van der Waals surface area contributed by atoms with Crippen LogP contribution in [0.5, 0.6) is 0 Å². The minimum atomic E-state index is -5.67. The lowest BCUT2D eigenvalue weighted by atomic mass is 10.2. The summed E-state index contributed by atoms with van der Waals surface area (Å²) in [5.74, 6) is 0. The zero-order chi connectivity index (χ0) is 17.1. The van der Waals surface area contributed by atoms with Crippen LogP contribution in [0.1, 0.15) is 13.3 Å². The van der Waals surface area contributed by atoms with E-state index in [0.29, 0.717) is 18.6 Å². The Kier molecular flexibility index (Phi) is 5.35. The van der Waals surface area contributed by atoms with Crippen molar-refractivity contribution in [2.75, 3.05) is 11.9 Å². The van der Waals surface area contributed by atoms with Gasteiger partial charge in [0.25, 0.3) is 15.5 Å². The van der Waals surface area contributed by atoms with Gasteiger partial charge in [-0.25, -0.2) is 8.42 Å². The number of nitro groups is 1. The summed E-state index contributed by atoms with van der Waals surface area (Å²) in [5.41, 5.74) is -6.54. The fraction of sp³-hybridized carbons (Fsp3) is 0.455. The number of sulfone groups is 1. The molecule has 2 N–H and O–H groups in total. The van der Waals surface area contributed by atoms with Crippen molar-refractivity contribution in [3.8, 4) is 0 Å². The highest BCUT2D eigenvalue weighted by atomic mass is 32.2. The maximum absolute atomic E-state index is 12.5. The summed E-state index contributed by atoms with van der Waals surface area (Å²) in [4.78, 5) is 8.72. The summed E-state index contributed by atoms with van der Waals surface area (Å²) in [6.07, 6.45) is 0.399. The van der Waals surface area contributed by atoms with Gasteiger partial charge in [-0.05, 0) is 18.6 Å². The topological polar surface area (TPSA) is 110 Å². The first kappa shape index (κ1) is 18.2. The number of anilines is 1. The number of rotatable bonds is 6. The monoisotopic (exact) mass is 342 g/mol. The van der Waals surface area contributed by atoms with Crippen molar-refractivity contribution in [2.45, 2.75) is 29.8 Å². The molecule has 0 fully saturated rings. The van der Waals surface area contributed by atoms with E-state index in [-0.39, 0.29) is 12.3 Å². The Balaban J connectivity index is 3.36. The molecule has 0 heterocycles. The van der Waals surface area contributed by atoms with Gasteiger partial charge in [0.2, 0.25) is 0 Å². The van der Waals surface area contributed by atoms with Gasteiger partial charge in [0.05, 0.1) is 16.4 Å². The molecule has 0 aliphatic rings. The van der Waals surface area contributed by atoms with E-state index in [2.05, 4.69) is 5.32 Å². The van der Waals surface area contributed by atoms with E-state index in [0.717, 1.165) is 6.07 Å². The zero-order valence-corrected chi connectivity index (χ0v) is 12.1. The molecule has 7 nitrogen and oxygen atoms in total. The van der Waals surface area contributed by atoms with Crippen LogP contribution in [-0.2, 0) is 9.84 Å². The van der Waals surface area contributed by atoms with Gasteiger partial charge in [0.15, 0.2) is 0 Å². The third-order valence-electron chi connectivity index (χ3n) is 2.85. The van der Waals surface area contributed by atoms with E-state index in [9.17, 15) is 31.7 Å². The fourth-order valence-electron chi connectivity index (χ4n) is 1.58. The molecule has 0 aromatic heterocycles. The molecule has 124 valence electrons. The Bertz CT molecular complexity index is 656. The van der Waals surface area contributed by atoms with Crippen molar-refractivity contribution in [3.63, 3.8) is 0 Å². The maximum atomic E-state index is 12.5. The molecule has 1 atom stereocenters. The molecule has 0 radical (unpaired) electrons. The molecule has 1 unspecified atom stereocenters. The average molecular weight is 342 g/mol. The average Bonchev–Trinajstić information content (AvgIpc) is 2.43. The second-order valence-corrected chi connectivity index (χ2v) is 6.26. The summed E-state index contributed by atoms with van der Waals surface area (Å²) in [5, 5.41) is 22.5. The molecule has 1 rings (SSSR count). The zero-order valence-electron chi connectivity index (χ0n) is 11.3. The van der Waals surface area contributed by atoms with Crippen LogP contribution in [0, 0.1) is 10.1 Å². The third-order valence-corrected chi connectivity index (χ3v) is 4.34. The van der Waals surface area contributed by atoms with Crippen LogP contribution >= 0.6 is 0 Å². The normalized spacial score (nSPS) is 13.7. The van der Waals surface area contributed by atoms with E-state index in [1.54, 1.807) is 6.92 Å². The Morgan fingerprint density at radius 3 is 2.41 bits per heavy atom. The highest BCUT2D eigenvalue weighted by Crippen LogP contribution is 2.34. The standard InChI is InChI=1S/C11H13F3N2O5S/c1-2-7(6-17)15-9-4-3-8(5-10(9)16(18)19)22(20,21)11(12,13)14/h3-5,7,15,17H,2,6H2,1H3. The lowest BCUT2D eigenvalue weighted by Crippen LogP contribution is -2.24. The molecule has 0 saturated carbocycles. The van der Waals surface area contributed by atoms with Crippen molar-refractivity contribution in [2.24, 2.45) is 0 Å². The van der Waals surface area contributed by atoms with Crippen LogP contribution in [0.3, 0.4) is 0 Å². The Morgan fingerprint density at radius 2 is 2.00 bits per heavy atom. The number of nitrogens with one attached hydrogen (secondary N) is 1. The van der Waals surface area contributed by atoms with Crippen molar-refractivity contribution in [3.05, 3.63) is 28.3 Å². The predicted octanol–water partition coefficient (Wildman–Crippen LogP) is 2.07. The van der Waals surface area contributed by atoms with Gasteiger partial charge in [-0.15, -0.1) is 0 Å². The first-order valence-corrected chi connectivity index (χ1v) is 7.50. The number of nitro benzene ring substituents is 1. The lowest BCUT2D eigenvalue weighted by Gasteiger charge is -2.16. The van der Waals surface area contributed by atoms with E-state index in [1.807, 2.05) is 0 Å². The molecular weight excluding hydrogens is 329 g/mol. The van der Waals surface area contributed by atoms with Gasteiger partial charge in [-0.3, -0.25) is 10.1 Å². The smallest absolute Gasteiger partial charge is 0.394 e. The second-order valence-electron chi connectivity index (χ2n) is 4.32. The first-order chi connectivity index (χ1) is 10.0. The number of aliphatic hydroxyl groups excluding tert-OH is 1. The van der Waals surface area contributed by atoms with Crippen molar-refractivity contribution < 1.29 is 31.6 Å². The summed E-state index contributed by atoms with van der Waals surface area (Å²) in [6, 6.07) is 1.29. The molecule has 0 aliphatic heterocycles. The minimum Gasteiger partial charge on any atom is -0.394 e. The van der Waals surface area contributed by atoms with E-state index in [1.165, 1.54) is 0 Å². The largest absolute Gasteiger partial charge is 0.501 e. The van der Waals surface area contributed by atoms with Crippen LogP contribution in [-0.4, -0.2) is 36.6 Å². The van der Waals surface area contributed by atoms with Gasteiger partial charge < -0.3 is 10.4 Å². The van der Waals surface area contributed by atoms with E-state index >= 15 is 0 Å². The van der Waals surface area contributed by atoms with Crippen molar-refractivity contribution in [1.82, 2.24) is 0 Å². The number of hydrogen-bond acceptors (Lipinski definition) is 6. The minimum absolute atomic E-state index is 0.174. The van der Waals surface area contributed by atoms with Gasteiger partial charge in [0, 0.05) is 12.1 Å². The van der Waals surface area contributed by atoms with Crippen molar-refractivity contribution in [1.29, 1.82) is 0 Å². The molecular formula is C11H13F3N2O5S. The fourth-order valence-corrected chi connectivity index (χ4v) is 2.36. The van der Waals surface area contributed by atoms with Crippen LogP contribution in [0.15, 0.2) is 23.1 Å². The molecule has 0 spiro atoms. The van der Waals surface area contributed by atoms with Gasteiger partial charge >= 0.3 is 5.51 Å². The molecule has 0 saturated heterocycles. The Morgan fingerprint density at radius 1 is 1.41 bits per heavy atom. The number of benzene rings is 1. The van der Waals surface area contributed by atoms with Crippen LogP contribution in [0.2, 0.25) is 0 Å². The number of halogens is 3. The highest BCUT2D eigenvalue weighted by Gasteiger charge is 2.47. The molecule has 0 aliphatic carbocycles. The SMILES string of the molecule is CCC(CO)Nc1ccc(S(=O)(=O)C(F)(F)F)cc1[N+](=O)[O-]. The van der Waals surface area contributed by atoms with E-state index < -0.39 is 36.9 Å². The molecule has 11 heteroatoms. The maximum Gasteiger partial charge on any atom is 0.501 e. The first-order valence-electron chi connectivity index (χ1n) is 6.01. The van der Waals surface area contributed by atoms with Gasteiger partial charge in [-0.2, -0.15) is 13.2 Å². The molecule has 1 aromatic carbocycles. The van der Waals surface area contributed by atoms with Crippen LogP contribution < -0.4 is 5.32 Å². The Hall–Kier alpha value is -1.88. The number of aliphatic hydroxyl groups is 1. The van der Waals surface area contributed by atoms with Crippen molar-refractivity contribution >= 4 is 21.2 Å². The summed E-state index contributed by atoms with van der Waals surface area (Å²) >= 11 is 0. The number of nitrogens with zero attached hydrogens (tertiary/aromatic N) is 1. The lowest BCUT2D eigenvalue weighted by molar-refractivity contribution is -0.384. The van der Waals surface area contributed by atoms with Crippen LogP contribution in [0.4, 0.5) is 24.5 Å². The molecule has 1 aromatic rings. The third kappa shape index (κ3) is 3.65. The van der Waals surface area contributed by atoms with Gasteiger partial charge in [0.1, 0.15) is 5.69 Å². The summed E-state index contributed by atoms with van der Waals surface area (Å²) < 4.78 is 59.9. The summed E-state index contributed by atoms with van der Waals surface area (Å²) in [6.45, 7) is 1.33.